The molecule has 2 rings (SSSR count). The zero-order valence-electron chi connectivity index (χ0n) is 12.3. The van der Waals surface area contributed by atoms with E-state index in [-0.39, 0.29) is 5.91 Å². The number of carbonyl (C=O) groups excluding carboxylic acids is 1. The first kappa shape index (κ1) is 14.1. The third kappa shape index (κ3) is 3.58. The molecule has 1 aromatic rings. The zero-order valence-corrected chi connectivity index (χ0v) is 12.3. The maximum atomic E-state index is 11.6. The molecular weight excluding hydrogens is 238 g/mol. The van der Waals surface area contributed by atoms with Crippen molar-refractivity contribution < 1.29 is 4.79 Å². The summed E-state index contributed by atoms with van der Waals surface area (Å²) in [4.78, 5) is 13.6. The number of nitrogens with zero attached hydrogens (tertiary/aromatic N) is 3. The van der Waals surface area contributed by atoms with Gasteiger partial charge in [-0.05, 0) is 30.7 Å². The van der Waals surface area contributed by atoms with Crippen LogP contribution in [-0.4, -0.2) is 33.7 Å². The van der Waals surface area contributed by atoms with Crippen molar-refractivity contribution in [3.05, 3.63) is 18.0 Å². The van der Waals surface area contributed by atoms with Gasteiger partial charge in [0.25, 0.3) is 0 Å². The van der Waals surface area contributed by atoms with E-state index in [0.29, 0.717) is 18.4 Å². The Labute approximate surface area is 115 Å². The Hall–Kier alpha value is -1.32. The highest BCUT2D eigenvalue weighted by atomic mass is 16.2. The Morgan fingerprint density at radius 1 is 1.42 bits per heavy atom. The molecular formula is C15H25N3O. The summed E-state index contributed by atoms with van der Waals surface area (Å²) in [5, 5.41) is 4.50. The van der Waals surface area contributed by atoms with Gasteiger partial charge in [-0.25, -0.2) is 0 Å². The van der Waals surface area contributed by atoms with Gasteiger partial charge in [0.1, 0.15) is 0 Å². The van der Waals surface area contributed by atoms with Crippen molar-refractivity contribution in [1.29, 1.82) is 0 Å². The van der Waals surface area contributed by atoms with E-state index in [1.54, 1.807) is 0 Å². The van der Waals surface area contributed by atoms with Crippen LogP contribution in [0.1, 0.15) is 51.6 Å². The van der Waals surface area contributed by atoms with Gasteiger partial charge in [-0.15, -0.1) is 0 Å². The van der Waals surface area contributed by atoms with Crippen LogP contribution in [0.3, 0.4) is 0 Å². The van der Waals surface area contributed by atoms with Crippen LogP contribution in [0.15, 0.2) is 12.4 Å². The van der Waals surface area contributed by atoms with Crippen LogP contribution >= 0.6 is 0 Å². The first-order chi connectivity index (χ1) is 9.10. The van der Waals surface area contributed by atoms with Crippen molar-refractivity contribution in [2.45, 2.75) is 52.5 Å². The number of likely N-dealkylation sites (tertiary alicyclic amines) is 1. The average Bonchev–Trinajstić information content (AvgIpc) is 2.85. The number of piperidine rings is 1. The molecule has 4 nitrogen and oxygen atoms in total. The summed E-state index contributed by atoms with van der Waals surface area (Å²) >= 11 is 0. The van der Waals surface area contributed by atoms with E-state index < -0.39 is 0 Å². The fourth-order valence-corrected chi connectivity index (χ4v) is 2.76. The standard InChI is InChI=1S/C15H25N3O/c1-4-15(19)17-7-5-14(6-8-17)18-11-13(10-16-18)9-12(2)3/h10-12,14H,4-9H2,1-3H3. The molecule has 0 bridgehead atoms. The molecule has 1 amide bonds. The number of hydrogen-bond donors (Lipinski definition) is 0. The minimum atomic E-state index is 0.277. The van der Waals surface area contributed by atoms with Crippen molar-refractivity contribution in [1.82, 2.24) is 14.7 Å². The SMILES string of the molecule is CCC(=O)N1CCC(n2cc(CC(C)C)cn2)CC1. The average molecular weight is 263 g/mol. The van der Waals surface area contributed by atoms with E-state index in [4.69, 9.17) is 0 Å². The number of carbonyl (C=O) groups is 1. The predicted molar refractivity (Wildman–Crippen MR) is 75.9 cm³/mol. The largest absolute Gasteiger partial charge is 0.343 e. The molecule has 0 N–H and O–H groups in total. The molecule has 0 unspecified atom stereocenters. The maximum Gasteiger partial charge on any atom is 0.222 e. The molecule has 4 heteroatoms. The number of rotatable bonds is 4. The molecule has 0 aromatic carbocycles. The summed E-state index contributed by atoms with van der Waals surface area (Å²) in [5.41, 5.74) is 1.32. The van der Waals surface area contributed by atoms with Gasteiger partial charge in [0.05, 0.1) is 12.2 Å². The lowest BCUT2D eigenvalue weighted by Gasteiger charge is -2.32. The lowest BCUT2D eigenvalue weighted by atomic mass is 10.0. The van der Waals surface area contributed by atoms with Crippen LogP contribution in [0.5, 0.6) is 0 Å². The highest BCUT2D eigenvalue weighted by Crippen LogP contribution is 2.23. The summed E-state index contributed by atoms with van der Waals surface area (Å²) in [6.45, 7) is 8.13. The van der Waals surface area contributed by atoms with Crippen molar-refractivity contribution in [2.24, 2.45) is 5.92 Å². The molecule has 1 aliphatic heterocycles. The van der Waals surface area contributed by atoms with Crippen molar-refractivity contribution in [2.75, 3.05) is 13.1 Å². The number of hydrogen-bond acceptors (Lipinski definition) is 2. The number of aromatic nitrogens is 2. The van der Waals surface area contributed by atoms with E-state index in [9.17, 15) is 4.79 Å². The van der Waals surface area contributed by atoms with Crippen LogP contribution in [0.4, 0.5) is 0 Å². The van der Waals surface area contributed by atoms with E-state index in [1.165, 1.54) is 5.56 Å². The van der Waals surface area contributed by atoms with Crippen LogP contribution < -0.4 is 0 Å². The number of amides is 1. The van der Waals surface area contributed by atoms with Gasteiger partial charge in [0.15, 0.2) is 0 Å². The molecule has 0 radical (unpaired) electrons. The summed E-state index contributed by atoms with van der Waals surface area (Å²) < 4.78 is 2.10. The van der Waals surface area contributed by atoms with E-state index in [1.807, 2.05) is 18.0 Å². The monoisotopic (exact) mass is 263 g/mol. The Balaban J connectivity index is 1.90. The zero-order chi connectivity index (χ0) is 13.8. The van der Waals surface area contributed by atoms with Crippen molar-refractivity contribution in [3.63, 3.8) is 0 Å². The molecule has 1 aliphatic rings. The van der Waals surface area contributed by atoms with Crippen LogP contribution in [-0.2, 0) is 11.2 Å². The molecule has 1 aromatic heterocycles. The summed E-state index contributed by atoms with van der Waals surface area (Å²) in [6, 6.07) is 0.460. The van der Waals surface area contributed by atoms with Gasteiger partial charge in [-0.1, -0.05) is 20.8 Å². The van der Waals surface area contributed by atoms with Gasteiger partial charge in [-0.2, -0.15) is 5.10 Å². The second-order valence-electron chi connectivity index (χ2n) is 5.89. The fraction of sp³-hybridized carbons (Fsp3) is 0.733. The smallest absolute Gasteiger partial charge is 0.222 e. The van der Waals surface area contributed by atoms with Gasteiger partial charge >= 0.3 is 0 Å². The quantitative estimate of drug-likeness (QED) is 0.837. The Kier molecular flexibility index (Phi) is 4.61. The first-order valence-corrected chi connectivity index (χ1v) is 7.41. The molecule has 1 fully saturated rings. The molecule has 2 heterocycles. The molecule has 0 spiro atoms. The highest BCUT2D eigenvalue weighted by molar-refractivity contribution is 5.75. The minimum Gasteiger partial charge on any atom is -0.343 e. The normalized spacial score (nSPS) is 17.2. The maximum absolute atomic E-state index is 11.6. The van der Waals surface area contributed by atoms with E-state index in [0.717, 1.165) is 32.4 Å². The van der Waals surface area contributed by atoms with Crippen molar-refractivity contribution in [3.8, 4) is 0 Å². The Morgan fingerprint density at radius 3 is 2.68 bits per heavy atom. The Bertz CT molecular complexity index is 417. The molecule has 0 saturated carbocycles. The lowest BCUT2D eigenvalue weighted by molar-refractivity contribution is -0.132. The van der Waals surface area contributed by atoms with E-state index >= 15 is 0 Å². The molecule has 19 heavy (non-hydrogen) atoms. The fourth-order valence-electron chi connectivity index (χ4n) is 2.76. The minimum absolute atomic E-state index is 0.277. The van der Waals surface area contributed by atoms with Gasteiger partial charge in [0, 0.05) is 25.7 Å². The second kappa shape index (κ2) is 6.22. The lowest BCUT2D eigenvalue weighted by Crippen LogP contribution is -2.38. The summed E-state index contributed by atoms with van der Waals surface area (Å²) in [6.07, 6.45) is 7.92. The molecule has 106 valence electrons. The third-order valence-electron chi connectivity index (χ3n) is 3.79. The summed E-state index contributed by atoms with van der Waals surface area (Å²) in [7, 11) is 0. The predicted octanol–water partition coefficient (Wildman–Crippen LogP) is 2.66. The topological polar surface area (TPSA) is 38.1 Å². The van der Waals surface area contributed by atoms with Gasteiger partial charge in [-0.3, -0.25) is 9.48 Å². The van der Waals surface area contributed by atoms with Crippen LogP contribution in [0.2, 0.25) is 0 Å². The highest BCUT2D eigenvalue weighted by Gasteiger charge is 2.23. The van der Waals surface area contributed by atoms with Crippen molar-refractivity contribution >= 4 is 5.91 Å². The molecule has 0 aliphatic carbocycles. The van der Waals surface area contributed by atoms with Crippen LogP contribution in [0.25, 0.3) is 0 Å². The second-order valence-corrected chi connectivity index (χ2v) is 5.89. The van der Waals surface area contributed by atoms with Gasteiger partial charge < -0.3 is 4.90 Å². The van der Waals surface area contributed by atoms with Gasteiger partial charge in [0.2, 0.25) is 5.91 Å². The molecule has 1 saturated heterocycles. The van der Waals surface area contributed by atoms with E-state index in [2.05, 4.69) is 29.8 Å². The third-order valence-corrected chi connectivity index (χ3v) is 3.79. The van der Waals surface area contributed by atoms with Crippen LogP contribution in [0, 0.1) is 5.92 Å². The Morgan fingerprint density at radius 2 is 2.11 bits per heavy atom. The summed E-state index contributed by atoms with van der Waals surface area (Å²) in [5.74, 6) is 0.945. The first-order valence-electron chi connectivity index (χ1n) is 7.41. The molecule has 0 atom stereocenters.